The van der Waals surface area contributed by atoms with Crippen LogP contribution in [-0.2, 0) is 16.6 Å². The molecule has 0 unspecified atom stereocenters. The van der Waals surface area contributed by atoms with E-state index in [1.54, 1.807) is 18.2 Å². The molecule has 0 atom stereocenters. The van der Waals surface area contributed by atoms with Crippen molar-refractivity contribution in [1.82, 2.24) is 4.72 Å². The molecule has 0 spiro atoms. The predicted octanol–water partition coefficient (Wildman–Crippen LogP) is 2.09. The normalized spacial score (nSPS) is 11.1. The highest BCUT2D eigenvalue weighted by molar-refractivity contribution is 7.89. The lowest BCUT2D eigenvalue weighted by atomic mass is 10.2. The summed E-state index contributed by atoms with van der Waals surface area (Å²) in [6.45, 7) is -0.0469. The standard InChI is InChI=1S/C15H16N2O6S/c1-22-13-8-7-11(9-14(13)23-2)10-16-24(20,21)15-6-4-3-5-12(15)17(18)19/h3-9,16H,10H2,1-2H3. The van der Waals surface area contributed by atoms with Gasteiger partial charge >= 0.3 is 0 Å². The van der Waals surface area contributed by atoms with Gasteiger partial charge in [-0.05, 0) is 23.8 Å². The number of benzene rings is 2. The molecule has 2 aromatic carbocycles. The molecule has 2 aromatic rings. The number of nitrogens with one attached hydrogen (secondary N) is 1. The minimum Gasteiger partial charge on any atom is -0.493 e. The van der Waals surface area contributed by atoms with Gasteiger partial charge in [0.1, 0.15) is 0 Å². The maximum Gasteiger partial charge on any atom is 0.289 e. The number of nitro benzene ring substituents is 1. The van der Waals surface area contributed by atoms with E-state index in [4.69, 9.17) is 9.47 Å². The molecule has 24 heavy (non-hydrogen) atoms. The molecule has 0 fully saturated rings. The van der Waals surface area contributed by atoms with Crippen LogP contribution in [0.15, 0.2) is 47.4 Å². The van der Waals surface area contributed by atoms with Gasteiger partial charge < -0.3 is 9.47 Å². The summed E-state index contributed by atoms with van der Waals surface area (Å²) >= 11 is 0. The Morgan fingerprint density at radius 3 is 2.38 bits per heavy atom. The third kappa shape index (κ3) is 3.81. The third-order valence-corrected chi connectivity index (χ3v) is 4.71. The fourth-order valence-electron chi connectivity index (χ4n) is 2.08. The Kier molecular flexibility index (Phi) is 5.37. The molecule has 0 aliphatic rings. The van der Waals surface area contributed by atoms with E-state index in [9.17, 15) is 18.5 Å². The average molecular weight is 352 g/mol. The van der Waals surface area contributed by atoms with Crippen LogP contribution in [0.2, 0.25) is 0 Å². The highest BCUT2D eigenvalue weighted by Crippen LogP contribution is 2.28. The van der Waals surface area contributed by atoms with E-state index in [2.05, 4.69) is 4.72 Å². The second-order valence-electron chi connectivity index (χ2n) is 4.74. The lowest BCUT2D eigenvalue weighted by molar-refractivity contribution is -0.387. The summed E-state index contributed by atoms with van der Waals surface area (Å²) in [5.74, 6) is 0.975. The van der Waals surface area contributed by atoms with E-state index >= 15 is 0 Å². The van der Waals surface area contributed by atoms with Crippen molar-refractivity contribution in [3.05, 3.63) is 58.1 Å². The van der Waals surface area contributed by atoms with Crippen LogP contribution < -0.4 is 14.2 Å². The molecular formula is C15H16N2O6S. The van der Waals surface area contributed by atoms with Crippen LogP contribution in [-0.4, -0.2) is 27.6 Å². The second-order valence-corrected chi connectivity index (χ2v) is 6.47. The molecule has 0 saturated heterocycles. The molecule has 1 N–H and O–H groups in total. The Bertz CT molecular complexity index is 851. The van der Waals surface area contributed by atoms with Gasteiger partial charge in [-0.3, -0.25) is 10.1 Å². The monoisotopic (exact) mass is 352 g/mol. The van der Waals surface area contributed by atoms with Crippen molar-refractivity contribution in [2.75, 3.05) is 14.2 Å². The van der Waals surface area contributed by atoms with Crippen LogP contribution >= 0.6 is 0 Å². The topological polar surface area (TPSA) is 108 Å². The van der Waals surface area contributed by atoms with Crippen molar-refractivity contribution in [2.24, 2.45) is 0 Å². The molecule has 0 heterocycles. The third-order valence-electron chi connectivity index (χ3n) is 3.27. The first-order valence-corrected chi connectivity index (χ1v) is 8.31. The minimum absolute atomic E-state index is 0.0469. The van der Waals surface area contributed by atoms with Crippen LogP contribution in [0.3, 0.4) is 0 Å². The average Bonchev–Trinajstić information content (AvgIpc) is 2.59. The molecule has 0 amide bonds. The Labute approximate surface area is 139 Å². The van der Waals surface area contributed by atoms with Crippen LogP contribution in [0.5, 0.6) is 11.5 Å². The van der Waals surface area contributed by atoms with Crippen molar-refractivity contribution < 1.29 is 22.8 Å². The van der Waals surface area contributed by atoms with Gasteiger partial charge in [0.15, 0.2) is 16.4 Å². The van der Waals surface area contributed by atoms with Gasteiger partial charge in [-0.1, -0.05) is 18.2 Å². The molecule has 0 aliphatic heterocycles. The highest BCUT2D eigenvalue weighted by Gasteiger charge is 2.24. The smallest absolute Gasteiger partial charge is 0.289 e. The number of nitrogens with zero attached hydrogens (tertiary/aromatic N) is 1. The molecule has 128 valence electrons. The lowest BCUT2D eigenvalue weighted by Crippen LogP contribution is -2.24. The summed E-state index contributed by atoms with van der Waals surface area (Å²) in [6.07, 6.45) is 0. The molecular weight excluding hydrogens is 336 g/mol. The maximum absolute atomic E-state index is 12.3. The van der Waals surface area contributed by atoms with E-state index in [0.717, 1.165) is 6.07 Å². The van der Waals surface area contributed by atoms with Gasteiger partial charge in [0, 0.05) is 12.6 Å². The number of methoxy groups -OCH3 is 2. The van der Waals surface area contributed by atoms with E-state index in [1.807, 2.05) is 0 Å². The SMILES string of the molecule is COc1ccc(CNS(=O)(=O)c2ccccc2[N+](=O)[O-])cc1OC. The van der Waals surface area contributed by atoms with Gasteiger partial charge in [-0.2, -0.15) is 0 Å². The Morgan fingerprint density at radius 1 is 1.08 bits per heavy atom. The molecule has 9 heteroatoms. The molecule has 8 nitrogen and oxygen atoms in total. The molecule has 0 aliphatic carbocycles. The van der Waals surface area contributed by atoms with Gasteiger partial charge in [0.2, 0.25) is 10.0 Å². The predicted molar refractivity (Wildman–Crippen MR) is 86.7 cm³/mol. The largest absolute Gasteiger partial charge is 0.493 e. The molecule has 0 bridgehead atoms. The summed E-state index contributed by atoms with van der Waals surface area (Å²) in [6, 6.07) is 10.1. The summed E-state index contributed by atoms with van der Waals surface area (Å²) in [5, 5.41) is 11.0. The first-order valence-electron chi connectivity index (χ1n) is 6.83. The highest BCUT2D eigenvalue weighted by atomic mass is 32.2. The zero-order valence-corrected chi connectivity index (χ0v) is 13.9. The number of hydrogen-bond acceptors (Lipinski definition) is 6. The fourth-order valence-corrected chi connectivity index (χ4v) is 3.27. The van der Waals surface area contributed by atoms with Crippen molar-refractivity contribution in [1.29, 1.82) is 0 Å². The number of sulfonamides is 1. The fraction of sp³-hybridized carbons (Fsp3) is 0.200. The summed E-state index contributed by atoms with van der Waals surface area (Å²) < 4.78 is 37.3. The van der Waals surface area contributed by atoms with E-state index < -0.39 is 20.6 Å². The zero-order chi connectivity index (χ0) is 17.7. The van der Waals surface area contributed by atoms with E-state index in [0.29, 0.717) is 17.1 Å². The number of para-hydroxylation sites is 1. The lowest BCUT2D eigenvalue weighted by Gasteiger charge is -2.11. The van der Waals surface area contributed by atoms with Crippen LogP contribution in [0.25, 0.3) is 0 Å². The zero-order valence-electron chi connectivity index (χ0n) is 13.1. The molecule has 0 aromatic heterocycles. The number of nitro groups is 1. The minimum atomic E-state index is -4.03. The second kappa shape index (κ2) is 7.28. The van der Waals surface area contributed by atoms with E-state index in [-0.39, 0.29) is 11.4 Å². The number of ether oxygens (including phenoxy) is 2. The first kappa shape index (κ1) is 17.7. The van der Waals surface area contributed by atoms with Gasteiger partial charge in [0.05, 0.1) is 19.1 Å². The molecule has 0 radical (unpaired) electrons. The quantitative estimate of drug-likeness (QED) is 0.604. The van der Waals surface area contributed by atoms with Crippen molar-refractivity contribution in [3.63, 3.8) is 0 Å². The summed E-state index contributed by atoms with van der Waals surface area (Å²) in [5.41, 5.74) is 0.145. The molecule has 2 rings (SSSR count). The van der Waals surface area contributed by atoms with E-state index in [1.165, 1.54) is 32.4 Å². The summed E-state index contributed by atoms with van der Waals surface area (Å²) in [7, 11) is -1.07. The van der Waals surface area contributed by atoms with Crippen molar-refractivity contribution in [2.45, 2.75) is 11.4 Å². The Hall–Kier alpha value is -2.65. The van der Waals surface area contributed by atoms with Gasteiger partial charge in [0.25, 0.3) is 5.69 Å². The Balaban J connectivity index is 2.24. The summed E-state index contributed by atoms with van der Waals surface area (Å²) in [4.78, 5) is 9.87. The Morgan fingerprint density at radius 2 is 1.75 bits per heavy atom. The van der Waals surface area contributed by atoms with Crippen LogP contribution in [0.4, 0.5) is 5.69 Å². The van der Waals surface area contributed by atoms with Crippen molar-refractivity contribution >= 4 is 15.7 Å². The van der Waals surface area contributed by atoms with Crippen molar-refractivity contribution in [3.8, 4) is 11.5 Å². The van der Waals surface area contributed by atoms with Crippen LogP contribution in [0, 0.1) is 10.1 Å². The van der Waals surface area contributed by atoms with Gasteiger partial charge in [-0.25, -0.2) is 13.1 Å². The number of hydrogen-bond donors (Lipinski definition) is 1. The van der Waals surface area contributed by atoms with Gasteiger partial charge in [-0.15, -0.1) is 0 Å². The maximum atomic E-state index is 12.3. The molecule has 0 saturated carbocycles. The number of rotatable bonds is 7. The van der Waals surface area contributed by atoms with Crippen LogP contribution in [0.1, 0.15) is 5.56 Å². The first-order chi connectivity index (χ1) is 11.4.